The van der Waals surface area contributed by atoms with Crippen molar-refractivity contribution in [3.63, 3.8) is 0 Å². The van der Waals surface area contributed by atoms with Crippen molar-refractivity contribution in [2.45, 2.75) is 18.6 Å². The van der Waals surface area contributed by atoms with Crippen LogP contribution in [0.15, 0.2) is 4.99 Å². The fraction of sp³-hybridized carbons (Fsp3) is 0.800. The lowest BCUT2D eigenvalue weighted by Crippen LogP contribution is -2.04. The molecule has 2 nitrogen and oxygen atoms in total. The number of amidine groups is 1. The highest BCUT2D eigenvalue weighted by Gasteiger charge is 2.13. The minimum absolute atomic E-state index is 0.662. The summed E-state index contributed by atoms with van der Waals surface area (Å²) in [6, 6.07) is 0. The Labute approximate surface area is 53.6 Å². The van der Waals surface area contributed by atoms with Crippen molar-refractivity contribution in [1.82, 2.24) is 0 Å². The molecular formula is C5H10N2S. The lowest BCUT2D eigenvalue weighted by atomic mass is 10.3. The number of nitrogens with two attached hydrogens (primary N) is 1. The maximum absolute atomic E-state index is 5.41. The normalized spacial score (nSPS) is 28.1. The van der Waals surface area contributed by atoms with Crippen LogP contribution in [-0.4, -0.2) is 17.0 Å². The molecule has 0 aromatic rings. The molecule has 1 unspecified atom stereocenters. The third-order valence-electron chi connectivity index (χ3n) is 1.19. The summed E-state index contributed by atoms with van der Waals surface area (Å²) in [5, 5.41) is 1.42. The molecule has 0 aromatic heterocycles. The van der Waals surface area contributed by atoms with Crippen LogP contribution in [0.1, 0.15) is 13.3 Å². The first-order valence-electron chi connectivity index (χ1n) is 2.79. The average Bonchev–Trinajstić information content (AvgIpc) is 2.14. The van der Waals surface area contributed by atoms with Gasteiger partial charge in [0.25, 0.3) is 0 Å². The zero-order chi connectivity index (χ0) is 5.98. The maximum atomic E-state index is 5.41. The molecule has 0 saturated heterocycles. The first-order valence-corrected chi connectivity index (χ1v) is 3.67. The monoisotopic (exact) mass is 130 g/mol. The lowest BCUT2D eigenvalue weighted by molar-refractivity contribution is 0.843. The van der Waals surface area contributed by atoms with Gasteiger partial charge >= 0.3 is 0 Å². The van der Waals surface area contributed by atoms with E-state index in [0.29, 0.717) is 5.25 Å². The summed E-state index contributed by atoms with van der Waals surface area (Å²) in [4.78, 5) is 4.05. The summed E-state index contributed by atoms with van der Waals surface area (Å²) in [6.07, 6.45) is 1.18. The Morgan fingerprint density at radius 2 is 2.75 bits per heavy atom. The van der Waals surface area contributed by atoms with Crippen molar-refractivity contribution >= 4 is 16.9 Å². The Balaban J connectivity index is 2.32. The van der Waals surface area contributed by atoms with Gasteiger partial charge < -0.3 is 5.73 Å². The average molecular weight is 130 g/mol. The van der Waals surface area contributed by atoms with Crippen LogP contribution in [0.4, 0.5) is 0 Å². The number of hydrogen-bond acceptors (Lipinski definition) is 3. The van der Waals surface area contributed by atoms with E-state index in [0.717, 1.165) is 11.7 Å². The number of rotatable bonds is 1. The van der Waals surface area contributed by atoms with Crippen LogP contribution >= 0.6 is 11.8 Å². The molecule has 8 heavy (non-hydrogen) atoms. The molecule has 0 aliphatic carbocycles. The van der Waals surface area contributed by atoms with Gasteiger partial charge in [0.2, 0.25) is 0 Å². The van der Waals surface area contributed by atoms with Crippen LogP contribution in [0.5, 0.6) is 0 Å². The molecule has 1 rings (SSSR count). The summed E-state index contributed by atoms with van der Waals surface area (Å²) in [7, 11) is 0. The summed E-state index contributed by atoms with van der Waals surface area (Å²) in [5.74, 6) is 0. The lowest BCUT2D eigenvalue weighted by Gasteiger charge is -1.98. The molecule has 0 radical (unpaired) electrons. The van der Waals surface area contributed by atoms with E-state index in [2.05, 4.69) is 11.9 Å². The number of hydrogen-bond donors (Lipinski definition) is 1. The van der Waals surface area contributed by atoms with E-state index >= 15 is 0 Å². The van der Waals surface area contributed by atoms with E-state index < -0.39 is 0 Å². The summed E-state index contributed by atoms with van der Waals surface area (Å²) in [5.41, 5.74) is 5.41. The standard InChI is InChI=1S/C5H10N2S/c1-2-4-3-7-5(6)8-4/h4H,2-3H2,1H3,(H2,6,7). The van der Waals surface area contributed by atoms with E-state index in [-0.39, 0.29) is 0 Å². The molecule has 0 fully saturated rings. The third kappa shape index (κ3) is 1.15. The highest BCUT2D eigenvalue weighted by atomic mass is 32.2. The van der Waals surface area contributed by atoms with Crippen LogP contribution in [0.3, 0.4) is 0 Å². The molecule has 0 bridgehead atoms. The van der Waals surface area contributed by atoms with Crippen molar-refractivity contribution in [2.75, 3.05) is 6.54 Å². The van der Waals surface area contributed by atoms with E-state index in [9.17, 15) is 0 Å². The minimum atomic E-state index is 0.662. The van der Waals surface area contributed by atoms with Crippen molar-refractivity contribution in [1.29, 1.82) is 0 Å². The Morgan fingerprint density at radius 3 is 3.00 bits per heavy atom. The van der Waals surface area contributed by atoms with Crippen molar-refractivity contribution in [3.05, 3.63) is 0 Å². The Morgan fingerprint density at radius 1 is 2.00 bits per heavy atom. The van der Waals surface area contributed by atoms with Crippen LogP contribution in [0, 0.1) is 0 Å². The van der Waals surface area contributed by atoms with E-state index in [1.54, 1.807) is 11.8 Å². The smallest absolute Gasteiger partial charge is 0.154 e. The van der Waals surface area contributed by atoms with Crippen molar-refractivity contribution in [2.24, 2.45) is 10.7 Å². The van der Waals surface area contributed by atoms with Gasteiger partial charge in [0.1, 0.15) is 0 Å². The van der Waals surface area contributed by atoms with Gasteiger partial charge in [-0.3, -0.25) is 4.99 Å². The molecule has 0 spiro atoms. The second-order valence-electron chi connectivity index (χ2n) is 1.83. The summed E-state index contributed by atoms with van der Waals surface area (Å²) < 4.78 is 0. The first-order chi connectivity index (χ1) is 3.83. The van der Waals surface area contributed by atoms with Crippen LogP contribution < -0.4 is 5.73 Å². The van der Waals surface area contributed by atoms with E-state index in [1.165, 1.54) is 6.42 Å². The second kappa shape index (κ2) is 2.40. The number of aliphatic imine (C=N–C) groups is 1. The van der Waals surface area contributed by atoms with Gasteiger partial charge in [-0.1, -0.05) is 18.7 Å². The van der Waals surface area contributed by atoms with Crippen LogP contribution in [-0.2, 0) is 0 Å². The number of nitrogens with zero attached hydrogens (tertiary/aromatic N) is 1. The zero-order valence-corrected chi connectivity index (χ0v) is 5.74. The SMILES string of the molecule is CCC1CN=C(N)S1. The van der Waals surface area contributed by atoms with Gasteiger partial charge in [0.05, 0.1) is 6.54 Å². The molecular weight excluding hydrogens is 120 g/mol. The fourth-order valence-electron chi connectivity index (χ4n) is 0.650. The Hall–Kier alpha value is -0.180. The highest BCUT2D eigenvalue weighted by molar-refractivity contribution is 8.14. The number of thioether (sulfide) groups is 1. The third-order valence-corrected chi connectivity index (χ3v) is 2.38. The zero-order valence-electron chi connectivity index (χ0n) is 4.92. The van der Waals surface area contributed by atoms with Gasteiger partial charge in [-0.15, -0.1) is 0 Å². The molecule has 1 heterocycles. The quantitative estimate of drug-likeness (QED) is 0.571. The van der Waals surface area contributed by atoms with E-state index in [1.807, 2.05) is 0 Å². The van der Waals surface area contributed by atoms with Crippen LogP contribution in [0.2, 0.25) is 0 Å². The van der Waals surface area contributed by atoms with Gasteiger partial charge in [-0.2, -0.15) is 0 Å². The minimum Gasteiger partial charge on any atom is -0.379 e. The predicted molar refractivity (Wildman–Crippen MR) is 38.2 cm³/mol. The molecule has 1 aliphatic heterocycles. The van der Waals surface area contributed by atoms with Gasteiger partial charge in [-0.25, -0.2) is 0 Å². The molecule has 1 atom stereocenters. The highest BCUT2D eigenvalue weighted by Crippen LogP contribution is 2.20. The summed E-state index contributed by atoms with van der Waals surface area (Å²) >= 11 is 1.69. The topological polar surface area (TPSA) is 38.4 Å². The van der Waals surface area contributed by atoms with E-state index in [4.69, 9.17) is 5.73 Å². The Bertz CT molecular complexity index is 111. The molecule has 0 saturated carbocycles. The maximum Gasteiger partial charge on any atom is 0.154 e. The predicted octanol–water partition coefficient (Wildman–Crippen LogP) is 0.827. The van der Waals surface area contributed by atoms with Gasteiger partial charge in [0.15, 0.2) is 5.17 Å². The Kier molecular flexibility index (Phi) is 1.78. The van der Waals surface area contributed by atoms with Gasteiger partial charge in [-0.05, 0) is 6.42 Å². The molecule has 0 amide bonds. The summed E-state index contributed by atoms with van der Waals surface area (Å²) in [6.45, 7) is 3.08. The first kappa shape index (κ1) is 5.95. The fourth-order valence-corrected chi connectivity index (χ4v) is 1.46. The van der Waals surface area contributed by atoms with Gasteiger partial charge in [0, 0.05) is 5.25 Å². The van der Waals surface area contributed by atoms with Crippen LogP contribution in [0.25, 0.3) is 0 Å². The molecule has 46 valence electrons. The molecule has 0 aromatic carbocycles. The largest absolute Gasteiger partial charge is 0.379 e. The van der Waals surface area contributed by atoms with Crippen molar-refractivity contribution < 1.29 is 0 Å². The molecule has 1 aliphatic rings. The second-order valence-corrected chi connectivity index (χ2v) is 3.15. The molecule has 3 heteroatoms. The van der Waals surface area contributed by atoms with Crippen molar-refractivity contribution in [3.8, 4) is 0 Å². The molecule has 2 N–H and O–H groups in total.